The molecule has 170 valence electrons. The number of fused-ring (bicyclic) bond motifs is 1. The molecular formula is C19H21F4N2O5S+. The Kier molecular flexibility index (Phi) is 5.08. The molecule has 0 radical (unpaired) electrons. The van der Waals surface area contributed by atoms with Crippen LogP contribution in [0.4, 0.5) is 17.6 Å². The third kappa shape index (κ3) is 3.59. The van der Waals surface area contributed by atoms with Crippen LogP contribution in [0.1, 0.15) is 28.1 Å². The first kappa shape index (κ1) is 22.0. The van der Waals surface area contributed by atoms with Crippen molar-refractivity contribution in [1.29, 1.82) is 0 Å². The van der Waals surface area contributed by atoms with Gasteiger partial charge in [0.15, 0.2) is 6.10 Å². The molecule has 0 saturated heterocycles. The highest BCUT2D eigenvalue weighted by Crippen LogP contribution is 2.49. The second-order valence-electron chi connectivity index (χ2n) is 8.01. The standard InChI is InChI=1S/C19H21F4N2O5S/c1-9-12-14(26)25(8-10-6-18(10,20)21)17(28)24(4-5-29-2)15(12)31(3)13(9)16(27)30-11-7-19(11,22)23/h10-11H,4-8H2,1-3H3/q+1. The number of rotatable bonds is 7. The quantitative estimate of drug-likeness (QED) is 0.357. The van der Waals surface area contributed by atoms with E-state index in [-0.39, 0.29) is 33.8 Å². The van der Waals surface area contributed by atoms with Gasteiger partial charge in [-0.2, -0.15) is 0 Å². The van der Waals surface area contributed by atoms with E-state index in [0.717, 1.165) is 4.57 Å². The van der Waals surface area contributed by atoms with Crippen molar-refractivity contribution in [2.75, 3.05) is 13.7 Å². The van der Waals surface area contributed by atoms with Crippen molar-refractivity contribution in [3.63, 3.8) is 0 Å². The van der Waals surface area contributed by atoms with Crippen molar-refractivity contribution in [3.05, 3.63) is 31.3 Å². The summed E-state index contributed by atoms with van der Waals surface area (Å²) in [6, 6.07) is 0. The Labute approximate surface area is 176 Å². The van der Waals surface area contributed by atoms with Crippen molar-refractivity contribution in [3.8, 4) is 0 Å². The molecule has 2 aromatic heterocycles. The van der Waals surface area contributed by atoms with E-state index in [1.165, 1.54) is 18.6 Å². The van der Waals surface area contributed by atoms with E-state index in [4.69, 9.17) is 9.47 Å². The van der Waals surface area contributed by atoms with Crippen LogP contribution in [0.5, 0.6) is 0 Å². The highest BCUT2D eigenvalue weighted by Gasteiger charge is 2.61. The van der Waals surface area contributed by atoms with E-state index in [1.54, 1.807) is 6.26 Å². The summed E-state index contributed by atoms with van der Waals surface area (Å²) >= 11 is 0. The Morgan fingerprint density at radius 3 is 2.29 bits per heavy atom. The van der Waals surface area contributed by atoms with Gasteiger partial charge in [0, 0.05) is 42.0 Å². The van der Waals surface area contributed by atoms with Crippen molar-refractivity contribution < 1.29 is 31.8 Å². The molecule has 7 nitrogen and oxygen atoms in total. The summed E-state index contributed by atoms with van der Waals surface area (Å²) < 4.78 is 65.2. The number of ether oxygens (including phenoxy) is 2. The fourth-order valence-corrected chi connectivity index (χ4v) is 5.87. The lowest BCUT2D eigenvalue weighted by Crippen LogP contribution is -2.41. The Hall–Kier alpha value is -2.21. The van der Waals surface area contributed by atoms with Gasteiger partial charge in [-0.05, 0) is 6.92 Å². The lowest BCUT2D eigenvalue weighted by atomic mass is 10.2. The fourth-order valence-electron chi connectivity index (χ4n) is 3.77. The minimum absolute atomic E-state index is 0.0344. The van der Waals surface area contributed by atoms with Gasteiger partial charge < -0.3 is 9.47 Å². The molecule has 0 spiro atoms. The monoisotopic (exact) mass is 465 g/mol. The Morgan fingerprint density at radius 1 is 1.16 bits per heavy atom. The molecule has 12 heteroatoms. The van der Waals surface area contributed by atoms with Gasteiger partial charge >= 0.3 is 11.7 Å². The fraction of sp³-hybridized carbons (Fsp3) is 0.632. The van der Waals surface area contributed by atoms with Crippen LogP contribution in [0.2, 0.25) is 0 Å². The van der Waals surface area contributed by atoms with Gasteiger partial charge in [0.2, 0.25) is 0 Å². The van der Waals surface area contributed by atoms with Crippen LogP contribution in [0.15, 0.2) is 9.59 Å². The lowest BCUT2D eigenvalue weighted by Gasteiger charge is -2.10. The van der Waals surface area contributed by atoms with Gasteiger partial charge in [-0.3, -0.25) is 9.36 Å². The van der Waals surface area contributed by atoms with Crippen LogP contribution in [0.3, 0.4) is 0 Å². The van der Waals surface area contributed by atoms with E-state index in [1.807, 2.05) is 0 Å². The van der Waals surface area contributed by atoms with Crippen LogP contribution in [0.25, 0.3) is 10.2 Å². The van der Waals surface area contributed by atoms with Crippen molar-refractivity contribution in [2.24, 2.45) is 12.2 Å². The number of carbonyl (C=O) groups is 1. The molecule has 2 aromatic rings. The van der Waals surface area contributed by atoms with E-state index in [0.29, 0.717) is 0 Å². The third-order valence-corrected chi connectivity index (χ3v) is 7.86. The third-order valence-electron chi connectivity index (χ3n) is 5.77. The zero-order valence-corrected chi connectivity index (χ0v) is 17.9. The summed E-state index contributed by atoms with van der Waals surface area (Å²) in [6.45, 7) is 1.17. The van der Waals surface area contributed by atoms with Gasteiger partial charge in [-0.1, -0.05) is 0 Å². The maximum absolute atomic E-state index is 13.4. The molecule has 2 aliphatic carbocycles. The molecule has 31 heavy (non-hydrogen) atoms. The summed E-state index contributed by atoms with van der Waals surface area (Å²) in [7, 11) is 0.307. The SMILES string of the molecule is COCCn1c(=O)n(CC2CC2(F)F)c(=O)c2c(C)c(C(=O)OC3CC3(F)F)[s+](C)c21. The van der Waals surface area contributed by atoms with E-state index in [9.17, 15) is 31.9 Å². The Morgan fingerprint density at radius 2 is 1.77 bits per heavy atom. The molecular weight excluding hydrogens is 444 g/mol. The van der Waals surface area contributed by atoms with Crippen LogP contribution >= 0.6 is 10.5 Å². The molecule has 0 bridgehead atoms. The number of aryl methyl sites for hydroxylation is 2. The van der Waals surface area contributed by atoms with Gasteiger partial charge in [0.05, 0.1) is 19.6 Å². The molecule has 2 aliphatic rings. The molecule has 0 aromatic carbocycles. The van der Waals surface area contributed by atoms with E-state index >= 15 is 0 Å². The van der Waals surface area contributed by atoms with E-state index in [2.05, 4.69) is 0 Å². The molecule has 0 amide bonds. The number of alkyl halides is 4. The lowest BCUT2D eigenvalue weighted by molar-refractivity contribution is 0.0138. The van der Waals surface area contributed by atoms with Crippen molar-refractivity contribution >= 4 is 26.7 Å². The number of aromatic nitrogens is 2. The molecule has 4 rings (SSSR count). The topological polar surface area (TPSA) is 79.5 Å². The van der Waals surface area contributed by atoms with Gasteiger partial charge in [0.25, 0.3) is 27.1 Å². The summed E-state index contributed by atoms with van der Waals surface area (Å²) in [6.07, 6.45) is -0.881. The number of thiophene rings is 1. The second-order valence-corrected chi connectivity index (χ2v) is 9.82. The number of carbonyl (C=O) groups excluding carboxylic acids is 1. The first-order valence-electron chi connectivity index (χ1n) is 9.61. The maximum Gasteiger partial charge on any atom is 0.392 e. The summed E-state index contributed by atoms with van der Waals surface area (Å²) in [5.74, 6) is -8.07. The summed E-state index contributed by atoms with van der Waals surface area (Å²) in [5.41, 5.74) is -1.32. The molecule has 2 saturated carbocycles. The minimum Gasteiger partial charge on any atom is -0.449 e. The molecule has 3 atom stereocenters. The van der Waals surface area contributed by atoms with Gasteiger partial charge in [-0.15, -0.1) is 0 Å². The maximum atomic E-state index is 13.4. The van der Waals surface area contributed by atoms with Crippen LogP contribution in [-0.4, -0.2) is 46.8 Å². The number of hydrogen-bond donors (Lipinski definition) is 0. The molecule has 3 unspecified atom stereocenters. The highest BCUT2D eigenvalue weighted by atomic mass is 32.2. The summed E-state index contributed by atoms with van der Waals surface area (Å²) in [5, 5.41) is 0.0556. The smallest absolute Gasteiger partial charge is 0.392 e. The summed E-state index contributed by atoms with van der Waals surface area (Å²) in [4.78, 5) is 39.1. The van der Waals surface area contributed by atoms with Crippen LogP contribution in [0, 0.1) is 12.8 Å². The molecule has 2 fully saturated rings. The first-order valence-corrected chi connectivity index (χ1v) is 11.2. The zero-order valence-electron chi connectivity index (χ0n) is 17.0. The van der Waals surface area contributed by atoms with E-state index < -0.39 is 70.9 Å². The predicted octanol–water partition coefficient (Wildman–Crippen LogP) is 2.62. The molecule has 0 N–H and O–H groups in total. The molecule has 0 aliphatic heterocycles. The molecule has 2 heterocycles. The Bertz CT molecular complexity index is 1200. The van der Waals surface area contributed by atoms with Crippen molar-refractivity contribution in [1.82, 2.24) is 9.13 Å². The van der Waals surface area contributed by atoms with Gasteiger partial charge in [-0.25, -0.2) is 31.7 Å². The number of esters is 1. The average molecular weight is 465 g/mol. The van der Waals surface area contributed by atoms with Crippen molar-refractivity contribution in [2.45, 2.75) is 50.8 Å². The minimum atomic E-state index is -3.06. The Balaban J connectivity index is 1.87. The highest BCUT2D eigenvalue weighted by molar-refractivity contribution is 7.37. The normalized spacial score (nSPS) is 23.8. The number of halogens is 4. The number of nitrogens with zero attached hydrogens (tertiary/aromatic N) is 2. The number of hydrogen-bond acceptors (Lipinski definition) is 5. The van der Waals surface area contributed by atoms with Crippen LogP contribution < -0.4 is 11.2 Å². The average Bonchev–Trinajstić information content (AvgIpc) is 3.44. The zero-order chi connectivity index (χ0) is 22.9. The first-order chi connectivity index (χ1) is 14.4. The largest absolute Gasteiger partial charge is 0.449 e. The van der Waals surface area contributed by atoms with Gasteiger partial charge in [0.1, 0.15) is 11.6 Å². The number of methoxy groups -OCH3 is 1. The second kappa shape index (κ2) is 7.16. The van der Waals surface area contributed by atoms with Crippen LogP contribution in [-0.2, 0) is 28.8 Å². The predicted molar refractivity (Wildman–Crippen MR) is 104 cm³/mol.